The summed E-state index contributed by atoms with van der Waals surface area (Å²) in [6, 6.07) is 0. The molecule has 1 radical (unpaired) electrons. The van der Waals surface area contributed by atoms with Crippen LogP contribution >= 0.6 is 0 Å². The molecule has 0 bridgehead atoms. The molecule has 0 saturated carbocycles. The summed E-state index contributed by atoms with van der Waals surface area (Å²) in [5.41, 5.74) is 0. The van der Waals surface area contributed by atoms with Crippen molar-refractivity contribution in [1.29, 1.82) is 0 Å². The average molecular weight is 161 g/mol. The van der Waals surface area contributed by atoms with Gasteiger partial charge in [0.25, 0.3) is 0 Å². The largest absolute Gasteiger partial charge is 0.388 e. The van der Waals surface area contributed by atoms with Gasteiger partial charge >= 0.3 is 0 Å². The molecule has 0 amide bonds. The second-order valence-electron chi connectivity index (χ2n) is 2.66. The maximum Gasteiger partial charge on any atom is 0.116 e. The zero-order chi connectivity index (χ0) is 8.43. The molecular formula is C7H13O4. The lowest BCUT2D eigenvalue weighted by atomic mass is 10.0. The first kappa shape index (κ1) is 8.93. The van der Waals surface area contributed by atoms with Crippen LogP contribution in [0.25, 0.3) is 0 Å². The van der Waals surface area contributed by atoms with Crippen LogP contribution in [0.3, 0.4) is 0 Å². The Hall–Kier alpha value is -0.160. The van der Waals surface area contributed by atoms with Gasteiger partial charge in [-0.05, 0) is 6.92 Å². The number of methoxy groups -OCH3 is 1. The fourth-order valence-corrected chi connectivity index (χ4v) is 1.03. The van der Waals surface area contributed by atoms with Gasteiger partial charge in [0.1, 0.15) is 24.9 Å². The van der Waals surface area contributed by atoms with Crippen LogP contribution in [0.4, 0.5) is 0 Å². The zero-order valence-electron chi connectivity index (χ0n) is 6.60. The van der Waals surface area contributed by atoms with Crippen molar-refractivity contribution in [3.05, 3.63) is 6.61 Å². The third-order valence-corrected chi connectivity index (χ3v) is 1.87. The van der Waals surface area contributed by atoms with Crippen molar-refractivity contribution in [2.24, 2.45) is 0 Å². The standard InChI is InChI=1S/C7H13O4/c1-4-6(8)7(9)5(10-2)3-11-4/h3-9H,1-2H3/t4-,5+,6+,7-/m1/s1. The third-order valence-electron chi connectivity index (χ3n) is 1.87. The van der Waals surface area contributed by atoms with Crippen molar-refractivity contribution >= 4 is 0 Å². The molecule has 11 heavy (non-hydrogen) atoms. The van der Waals surface area contributed by atoms with Crippen molar-refractivity contribution in [3.8, 4) is 0 Å². The van der Waals surface area contributed by atoms with Gasteiger partial charge < -0.3 is 19.7 Å². The highest BCUT2D eigenvalue weighted by molar-refractivity contribution is 4.90. The first-order valence-electron chi connectivity index (χ1n) is 3.54. The second kappa shape index (κ2) is 3.49. The zero-order valence-corrected chi connectivity index (χ0v) is 6.60. The van der Waals surface area contributed by atoms with E-state index in [9.17, 15) is 10.2 Å². The Bertz CT molecular complexity index is 126. The van der Waals surface area contributed by atoms with Crippen LogP contribution in [0.2, 0.25) is 0 Å². The molecule has 0 aliphatic carbocycles. The van der Waals surface area contributed by atoms with Gasteiger partial charge in [-0.2, -0.15) is 0 Å². The van der Waals surface area contributed by atoms with Crippen LogP contribution in [0, 0.1) is 6.61 Å². The molecule has 1 aliphatic heterocycles. The highest BCUT2D eigenvalue weighted by Crippen LogP contribution is 2.19. The molecule has 4 nitrogen and oxygen atoms in total. The predicted octanol–water partition coefficient (Wildman–Crippen LogP) is -0.696. The van der Waals surface area contributed by atoms with Crippen LogP contribution in [-0.4, -0.2) is 41.7 Å². The molecule has 1 aliphatic rings. The van der Waals surface area contributed by atoms with Crippen molar-refractivity contribution in [2.45, 2.75) is 31.3 Å². The molecule has 0 aromatic carbocycles. The average Bonchev–Trinajstić information content (AvgIpc) is 2.01. The molecular weight excluding hydrogens is 148 g/mol. The summed E-state index contributed by atoms with van der Waals surface area (Å²) in [6.45, 7) is 3.10. The van der Waals surface area contributed by atoms with E-state index in [4.69, 9.17) is 9.47 Å². The van der Waals surface area contributed by atoms with Crippen molar-refractivity contribution in [2.75, 3.05) is 7.11 Å². The minimum atomic E-state index is -0.885. The molecule has 4 atom stereocenters. The van der Waals surface area contributed by atoms with Crippen LogP contribution in [0.5, 0.6) is 0 Å². The number of rotatable bonds is 1. The summed E-state index contributed by atoms with van der Waals surface area (Å²) in [5, 5.41) is 18.6. The first-order chi connectivity index (χ1) is 5.16. The van der Waals surface area contributed by atoms with E-state index in [-0.39, 0.29) is 6.10 Å². The molecule has 4 heteroatoms. The first-order valence-corrected chi connectivity index (χ1v) is 3.54. The molecule has 1 saturated heterocycles. The quantitative estimate of drug-likeness (QED) is 0.534. The van der Waals surface area contributed by atoms with Gasteiger partial charge in [0, 0.05) is 7.11 Å². The fraction of sp³-hybridized carbons (Fsp3) is 0.857. The van der Waals surface area contributed by atoms with Gasteiger partial charge in [-0.25, -0.2) is 0 Å². The van der Waals surface area contributed by atoms with E-state index in [0.717, 1.165) is 0 Å². The molecule has 0 aromatic rings. The van der Waals surface area contributed by atoms with E-state index in [0.29, 0.717) is 0 Å². The molecule has 2 N–H and O–H groups in total. The number of ether oxygens (including phenoxy) is 2. The summed E-state index contributed by atoms with van der Waals surface area (Å²) < 4.78 is 9.84. The predicted molar refractivity (Wildman–Crippen MR) is 37.7 cm³/mol. The summed E-state index contributed by atoms with van der Waals surface area (Å²) in [7, 11) is 1.45. The van der Waals surface area contributed by atoms with Crippen LogP contribution in [0.1, 0.15) is 6.92 Å². The van der Waals surface area contributed by atoms with E-state index in [2.05, 4.69) is 0 Å². The molecule has 1 heterocycles. The summed E-state index contributed by atoms with van der Waals surface area (Å²) in [5.74, 6) is 0. The molecule has 65 valence electrons. The summed E-state index contributed by atoms with van der Waals surface area (Å²) >= 11 is 0. The van der Waals surface area contributed by atoms with Gasteiger partial charge in [0.2, 0.25) is 0 Å². The third kappa shape index (κ3) is 1.70. The molecule has 1 rings (SSSR count). The Labute approximate surface area is 65.7 Å². The van der Waals surface area contributed by atoms with Crippen LogP contribution < -0.4 is 0 Å². The Morgan fingerprint density at radius 1 is 1.36 bits per heavy atom. The van der Waals surface area contributed by atoms with Gasteiger partial charge in [-0.3, -0.25) is 0 Å². The highest BCUT2D eigenvalue weighted by Gasteiger charge is 2.36. The lowest BCUT2D eigenvalue weighted by molar-refractivity contribution is -0.163. The Balaban J connectivity index is 2.52. The SMILES string of the molecule is CO[C@H]1[CH]O[C@H](C)[C@H](O)[C@@H]1O. The number of hydrogen-bond donors (Lipinski definition) is 2. The van der Waals surface area contributed by atoms with E-state index in [1.807, 2.05) is 0 Å². The smallest absolute Gasteiger partial charge is 0.116 e. The number of hydrogen-bond acceptors (Lipinski definition) is 4. The Morgan fingerprint density at radius 3 is 2.55 bits per heavy atom. The highest BCUT2D eigenvalue weighted by atomic mass is 16.6. The lowest BCUT2D eigenvalue weighted by Gasteiger charge is -2.34. The fourth-order valence-electron chi connectivity index (χ4n) is 1.03. The van der Waals surface area contributed by atoms with Crippen molar-refractivity contribution in [1.82, 2.24) is 0 Å². The monoisotopic (exact) mass is 161 g/mol. The second-order valence-corrected chi connectivity index (χ2v) is 2.66. The van der Waals surface area contributed by atoms with Gasteiger partial charge in [-0.1, -0.05) is 0 Å². The number of aliphatic hydroxyl groups is 2. The van der Waals surface area contributed by atoms with E-state index in [1.165, 1.54) is 13.7 Å². The normalized spacial score (nSPS) is 45.8. The molecule has 0 aromatic heterocycles. The van der Waals surface area contributed by atoms with Gasteiger partial charge in [0.15, 0.2) is 0 Å². The molecule has 1 fully saturated rings. The Kier molecular flexibility index (Phi) is 2.84. The van der Waals surface area contributed by atoms with Crippen molar-refractivity contribution in [3.63, 3.8) is 0 Å². The summed E-state index contributed by atoms with van der Waals surface area (Å²) in [6.07, 6.45) is -2.65. The Morgan fingerprint density at radius 2 is 2.00 bits per heavy atom. The molecule has 0 unspecified atom stereocenters. The summed E-state index contributed by atoms with van der Waals surface area (Å²) in [4.78, 5) is 0. The minimum Gasteiger partial charge on any atom is -0.388 e. The maximum atomic E-state index is 9.32. The van der Waals surface area contributed by atoms with E-state index in [1.54, 1.807) is 6.92 Å². The van der Waals surface area contributed by atoms with Gasteiger partial charge in [-0.15, -0.1) is 0 Å². The molecule has 0 spiro atoms. The topological polar surface area (TPSA) is 58.9 Å². The van der Waals surface area contributed by atoms with Crippen molar-refractivity contribution < 1.29 is 19.7 Å². The van der Waals surface area contributed by atoms with E-state index < -0.39 is 18.3 Å². The van der Waals surface area contributed by atoms with Crippen LogP contribution in [-0.2, 0) is 9.47 Å². The van der Waals surface area contributed by atoms with E-state index >= 15 is 0 Å². The number of aliphatic hydroxyl groups excluding tert-OH is 2. The van der Waals surface area contributed by atoms with Crippen LogP contribution in [0.15, 0.2) is 0 Å². The lowest BCUT2D eigenvalue weighted by Crippen LogP contribution is -2.50. The maximum absolute atomic E-state index is 9.32. The minimum absolute atomic E-state index is 0.364. The van der Waals surface area contributed by atoms with Gasteiger partial charge in [0.05, 0.1) is 6.10 Å².